The number of hydrogen-bond donors (Lipinski definition) is 17. The third-order valence-electron chi connectivity index (χ3n) is 14.7. The summed E-state index contributed by atoms with van der Waals surface area (Å²) >= 11 is 0. The zero-order chi connectivity index (χ0) is 64.8. The van der Waals surface area contributed by atoms with Crippen LogP contribution in [0.1, 0.15) is 117 Å². The molecule has 0 bridgehead atoms. The molecular formula is C56H92N18O13. The lowest BCUT2D eigenvalue weighted by molar-refractivity contribution is -0.143. The average Bonchev–Trinajstić information content (AvgIpc) is 3.75. The Balaban J connectivity index is 1.78. The summed E-state index contributed by atoms with van der Waals surface area (Å²) in [5, 5.41) is 51.8. The molecule has 1 aromatic carbocycles. The first-order chi connectivity index (χ1) is 41.2. The lowest BCUT2D eigenvalue weighted by Gasteiger charge is -2.29. The maximum Gasteiger partial charge on any atom is 0.326 e. The Morgan fingerprint density at radius 1 is 0.678 bits per heavy atom. The second-order valence-electron chi connectivity index (χ2n) is 21.9. The highest BCUT2D eigenvalue weighted by Gasteiger charge is 2.37. The molecule has 1 heterocycles. The van der Waals surface area contributed by atoms with Gasteiger partial charge in [0, 0.05) is 37.9 Å². The predicted octanol–water partition coefficient (Wildman–Crippen LogP) is -4.15. The second kappa shape index (κ2) is 37.9. The number of carboxylic acid groups (broad SMARTS) is 1. The molecule has 22 N–H and O–H groups in total. The lowest BCUT2D eigenvalue weighted by atomic mass is 9.84. The van der Waals surface area contributed by atoms with Crippen LogP contribution in [0.2, 0.25) is 0 Å². The summed E-state index contributed by atoms with van der Waals surface area (Å²) in [7, 11) is 0. The van der Waals surface area contributed by atoms with E-state index in [-0.39, 0.29) is 76.0 Å². The number of carbonyl (C=O) groups excluding carboxylic acids is 9. The first-order valence-corrected chi connectivity index (χ1v) is 29.3. The molecule has 3 rings (SSSR count). The van der Waals surface area contributed by atoms with Gasteiger partial charge in [-0.05, 0) is 76.7 Å². The number of rotatable bonds is 38. The number of carboxylic acids is 1. The number of aliphatic hydroxyl groups excluding tert-OH is 2. The molecular weight excluding hydrogens is 1130 g/mol. The van der Waals surface area contributed by atoms with Crippen LogP contribution in [-0.4, -0.2) is 195 Å². The number of aliphatic imine (C=N–C) groups is 2. The third kappa shape index (κ3) is 26.8. The summed E-state index contributed by atoms with van der Waals surface area (Å²) in [4.78, 5) is 152. The lowest BCUT2D eigenvalue weighted by Crippen LogP contribution is -2.62. The smallest absolute Gasteiger partial charge is 0.326 e. The van der Waals surface area contributed by atoms with Crippen molar-refractivity contribution >= 4 is 71.1 Å². The number of nitrogens with one attached hydrogen (secondary N) is 9. The molecule has 11 atom stereocenters. The monoisotopic (exact) mass is 1220 g/mol. The molecule has 484 valence electrons. The Morgan fingerprint density at radius 2 is 1.25 bits per heavy atom. The van der Waals surface area contributed by atoms with Crippen molar-refractivity contribution in [1.29, 1.82) is 0 Å². The largest absolute Gasteiger partial charge is 0.480 e. The van der Waals surface area contributed by atoms with Gasteiger partial charge in [0.05, 0.1) is 37.7 Å². The van der Waals surface area contributed by atoms with Crippen molar-refractivity contribution in [3.05, 3.63) is 54.1 Å². The van der Waals surface area contributed by atoms with Crippen molar-refractivity contribution in [2.45, 2.75) is 179 Å². The van der Waals surface area contributed by atoms with Crippen LogP contribution in [-0.2, 0) is 60.8 Å². The van der Waals surface area contributed by atoms with Crippen LogP contribution in [0.4, 0.5) is 0 Å². The Kier molecular flexibility index (Phi) is 31.7. The molecule has 9 amide bonds. The predicted molar refractivity (Wildman–Crippen MR) is 321 cm³/mol. The van der Waals surface area contributed by atoms with Crippen LogP contribution >= 0.6 is 0 Å². The molecule has 0 spiro atoms. The molecule has 0 radical (unpaired) electrons. The van der Waals surface area contributed by atoms with Gasteiger partial charge >= 0.3 is 5.97 Å². The van der Waals surface area contributed by atoms with Crippen LogP contribution in [0.5, 0.6) is 0 Å². The van der Waals surface area contributed by atoms with Crippen LogP contribution in [0.15, 0.2) is 52.8 Å². The molecule has 1 aliphatic carbocycles. The van der Waals surface area contributed by atoms with Crippen molar-refractivity contribution in [3.8, 4) is 0 Å². The van der Waals surface area contributed by atoms with Gasteiger partial charge in [0.25, 0.3) is 0 Å². The van der Waals surface area contributed by atoms with E-state index in [1.165, 1.54) is 19.4 Å². The Morgan fingerprint density at radius 3 is 1.84 bits per heavy atom. The maximum atomic E-state index is 14.3. The second-order valence-corrected chi connectivity index (χ2v) is 21.9. The molecule has 31 nitrogen and oxygen atoms in total. The Bertz CT molecular complexity index is 2610. The van der Waals surface area contributed by atoms with Crippen LogP contribution < -0.4 is 71.2 Å². The number of imidazole rings is 1. The highest BCUT2D eigenvalue weighted by atomic mass is 16.4. The number of aromatic amines is 1. The van der Waals surface area contributed by atoms with Gasteiger partial charge in [0.1, 0.15) is 42.3 Å². The van der Waals surface area contributed by atoms with Crippen molar-refractivity contribution in [2.24, 2.45) is 50.5 Å². The molecule has 31 heteroatoms. The van der Waals surface area contributed by atoms with E-state index in [0.29, 0.717) is 18.5 Å². The zero-order valence-corrected chi connectivity index (χ0v) is 50.3. The van der Waals surface area contributed by atoms with Gasteiger partial charge < -0.3 is 96.4 Å². The molecule has 1 aromatic heterocycles. The first-order valence-electron chi connectivity index (χ1n) is 29.3. The molecule has 1 unspecified atom stereocenters. The van der Waals surface area contributed by atoms with E-state index in [2.05, 4.69) is 62.5 Å². The molecule has 0 aliphatic heterocycles. The molecule has 1 saturated carbocycles. The number of aliphatic hydroxyl groups is 2. The molecule has 1 fully saturated rings. The number of aryl methyl sites for hydroxylation is 1. The van der Waals surface area contributed by atoms with Gasteiger partial charge in [-0.3, -0.25) is 53.1 Å². The van der Waals surface area contributed by atoms with E-state index in [4.69, 9.17) is 28.7 Å². The number of nitrogens with two attached hydrogens (primary N) is 5. The number of H-pyrrole nitrogens is 1. The van der Waals surface area contributed by atoms with Crippen molar-refractivity contribution in [2.75, 3.05) is 32.7 Å². The van der Waals surface area contributed by atoms with Crippen LogP contribution in [0.25, 0.3) is 0 Å². The number of hydrogen-bond acceptors (Lipinski definition) is 16. The summed E-state index contributed by atoms with van der Waals surface area (Å²) in [5.41, 5.74) is 28.8. The summed E-state index contributed by atoms with van der Waals surface area (Å²) in [5.74, 6) is -9.84. The fourth-order valence-electron chi connectivity index (χ4n) is 9.44. The quantitative estimate of drug-likeness (QED) is 0.0172. The number of benzene rings is 1. The van der Waals surface area contributed by atoms with Crippen molar-refractivity contribution < 1.29 is 63.3 Å². The first kappa shape index (κ1) is 72.8. The van der Waals surface area contributed by atoms with Gasteiger partial charge in [-0.15, -0.1) is 0 Å². The molecule has 0 saturated heterocycles. The minimum atomic E-state index is -1.85. The van der Waals surface area contributed by atoms with Crippen molar-refractivity contribution in [3.63, 3.8) is 0 Å². The normalized spacial score (nSPS) is 16.1. The summed E-state index contributed by atoms with van der Waals surface area (Å²) in [6.07, 6.45) is 5.36. The summed E-state index contributed by atoms with van der Waals surface area (Å²) in [6, 6.07) is -2.12. The van der Waals surface area contributed by atoms with E-state index in [1.54, 1.807) is 32.0 Å². The molecule has 87 heavy (non-hydrogen) atoms. The molecule has 2 aromatic rings. The Hall–Kier alpha value is -8.45. The average molecular weight is 1230 g/mol. The van der Waals surface area contributed by atoms with Gasteiger partial charge in [0.2, 0.25) is 53.2 Å². The maximum absolute atomic E-state index is 14.3. The van der Waals surface area contributed by atoms with E-state index in [9.17, 15) is 63.3 Å². The van der Waals surface area contributed by atoms with Crippen molar-refractivity contribution in [1.82, 2.24) is 57.4 Å². The number of amides is 9. The number of guanidine groups is 2. The standard InChI is InChI=1S/C56H92N18O13/c1-6-31(2)44(52(84)70-41(54(86)87)25-36-17-11-8-12-18-36)71-42(77)29-74(24-14-23-64-56(60)61)43(78)28-65-51(83)45(33(4)75)73-53(85)46(34(5)76)72-50(82)40(26-37-27-62-30-66-37)69-49(81)39(21-20-35-15-9-7-10-16-35)68-47(79)32(3)67-48(80)38(57)19-13-22-63-55(58)59/h7,9-10,15-16,27,30-34,36,38-41,44-46,75-76H,6,8,11-14,17-26,28-29,57H2,1-5H3,(H,62,66)(H,65,83)(H,67,80)(H,68,79)(H,69,81)(H,70,84)(H,71,77)(H,72,82)(H,73,85)(H,86,87)(H4,58,59,63)(H4,60,61,64)/t31?,32-,33+,34+,38-,39-,40-,41-,44-,45-,46-/m0/s1. The number of nitrogens with zero attached hydrogens (tertiary/aromatic N) is 4. The minimum Gasteiger partial charge on any atom is -0.480 e. The van der Waals surface area contributed by atoms with E-state index < -0.39 is 139 Å². The van der Waals surface area contributed by atoms with E-state index >= 15 is 0 Å². The molecule has 1 aliphatic rings. The fourth-order valence-corrected chi connectivity index (χ4v) is 9.44. The van der Waals surface area contributed by atoms with Gasteiger partial charge in [-0.25, -0.2) is 9.78 Å². The Labute approximate surface area is 506 Å². The van der Waals surface area contributed by atoms with E-state index in [1.807, 2.05) is 12.1 Å². The highest BCUT2D eigenvalue weighted by Crippen LogP contribution is 2.27. The van der Waals surface area contributed by atoms with E-state index in [0.717, 1.165) is 56.4 Å². The third-order valence-corrected chi connectivity index (χ3v) is 14.7. The minimum absolute atomic E-state index is 0.00188. The number of carbonyl (C=O) groups is 10. The fraction of sp³-hybridized carbons (Fsp3) is 0.625. The number of aliphatic carboxylic acids is 1. The van der Waals surface area contributed by atoms with Crippen LogP contribution in [0.3, 0.4) is 0 Å². The number of aromatic nitrogens is 2. The van der Waals surface area contributed by atoms with Gasteiger partial charge in [0.15, 0.2) is 11.9 Å². The SMILES string of the molecule is CCC(C)[C@H](NC(=O)CN(CCCN=C(N)N)C(=O)CNC(=O)[C@@H](NC(=O)[C@@H](NC(=O)[C@H](Cc1cnc[nH]1)NC(=O)[C@H](CCc1ccccc1)NC(=O)[C@H](C)NC(=O)[C@@H](N)CCCN=C(N)N)[C@@H](C)O)[C@@H](C)O)C(=O)N[C@@H](CC1CCCCC1)C(=O)O. The highest BCUT2D eigenvalue weighted by molar-refractivity contribution is 5.98. The summed E-state index contributed by atoms with van der Waals surface area (Å²) < 4.78 is 0. The van der Waals surface area contributed by atoms with Gasteiger partial charge in [-0.1, -0.05) is 82.7 Å². The van der Waals surface area contributed by atoms with Gasteiger partial charge in [-0.2, -0.15) is 0 Å². The van der Waals surface area contributed by atoms with Crippen LogP contribution in [0, 0.1) is 11.8 Å². The zero-order valence-electron chi connectivity index (χ0n) is 50.3. The summed E-state index contributed by atoms with van der Waals surface area (Å²) in [6.45, 7) is 5.85. The topological polar surface area (TPSA) is 514 Å².